The molecule has 34 heavy (non-hydrogen) atoms. The second kappa shape index (κ2) is 10.5. The Kier molecular flexibility index (Phi) is 7.86. The number of nitrogens with zero attached hydrogens (tertiary/aromatic N) is 1. The summed E-state index contributed by atoms with van der Waals surface area (Å²) in [6.07, 6.45) is 3.80. The van der Waals surface area contributed by atoms with Crippen molar-refractivity contribution in [3.8, 4) is 5.75 Å². The Morgan fingerprint density at radius 2 is 1.76 bits per heavy atom. The molecule has 1 aliphatic carbocycles. The quantitative estimate of drug-likeness (QED) is 0.594. The maximum absolute atomic E-state index is 13.4. The summed E-state index contributed by atoms with van der Waals surface area (Å²) < 4.78 is 33.3. The number of sulfonamides is 1. The maximum atomic E-state index is 13.4. The first kappa shape index (κ1) is 25.6. The number of methoxy groups -OCH3 is 1. The Morgan fingerprint density at radius 3 is 2.41 bits per heavy atom. The highest BCUT2D eigenvalue weighted by atomic mass is 32.2. The van der Waals surface area contributed by atoms with E-state index in [1.54, 1.807) is 37.3 Å². The van der Waals surface area contributed by atoms with E-state index in [-0.39, 0.29) is 16.4 Å². The molecule has 1 aliphatic rings. The van der Waals surface area contributed by atoms with Gasteiger partial charge < -0.3 is 15.4 Å². The highest BCUT2D eigenvalue weighted by molar-refractivity contribution is 7.92. The Hall–Kier alpha value is -3.07. The summed E-state index contributed by atoms with van der Waals surface area (Å²) in [5.74, 6) is -0.233. The van der Waals surface area contributed by atoms with Crippen molar-refractivity contribution in [1.29, 1.82) is 0 Å². The van der Waals surface area contributed by atoms with Gasteiger partial charge in [0.25, 0.3) is 15.9 Å². The lowest BCUT2D eigenvalue weighted by atomic mass is 9.80. The van der Waals surface area contributed by atoms with E-state index in [0.29, 0.717) is 36.4 Å². The molecule has 184 valence electrons. The van der Waals surface area contributed by atoms with Crippen LogP contribution >= 0.6 is 0 Å². The molecule has 0 unspecified atom stereocenters. The zero-order chi connectivity index (χ0) is 24.9. The van der Waals surface area contributed by atoms with E-state index in [4.69, 9.17) is 4.74 Å². The highest BCUT2D eigenvalue weighted by Gasteiger charge is 2.41. The van der Waals surface area contributed by atoms with Crippen LogP contribution in [-0.2, 0) is 14.8 Å². The van der Waals surface area contributed by atoms with Crippen LogP contribution < -0.4 is 19.7 Å². The third kappa shape index (κ3) is 5.04. The first-order valence-electron chi connectivity index (χ1n) is 11.5. The molecule has 2 amide bonds. The molecular formula is C25H33N3O5S. The van der Waals surface area contributed by atoms with Crippen molar-refractivity contribution in [2.24, 2.45) is 0 Å². The minimum absolute atomic E-state index is 0.0210. The molecule has 2 N–H and O–H groups in total. The van der Waals surface area contributed by atoms with Crippen molar-refractivity contribution in [3.63, 3.8) is 0 Å². The average Bonchev–Trinajstić information content (AvgIpc) is 2.84. The van der Waals surface area contributed by atoms with Crippen LogP contribution in [0.3, 0.4) is 0 Å². The predicted molar refractivity (Wildman–Crippen MR) is 132 cm³/mol. The molecule has 2 aromatic carbocycles. The predicted octanol–water partition coefficient (Wildman–Crippen LogP) is 3.40. The molecule has 0 saturated heterocycles. The number of carbonyl (C=O) groups is 2. The van der Waals surface area contributed by atoms with Gasteiger partial charge in [0.2, 0.25) is 5.91 Å². The lowest BCUT2D eigenvalue weighted by molar-refractivity contribution is -0.128. The van der Waals surface area contributed by atoms with Gasteiger partial charge in [-0.3, -0.25) is 13.9 Å². The Bertz CT molecular complexity index is 1160. The molecule has 0 heterocycles. The zero-order valence-corrected chi connectivity index (χ0v) is 21.0. The molecule has 0 aliphatic heterocycles. The van der Waals surface area contributed by atoms with Gasteiger partial charge in [-0.1, -0.05) is 37.5 Å². The summed E-state index contributed by atoms with van der Waals surface area (Å²) >= 11 is 0. The summed E-state index contributed by atoms with van der Waals surface area (Å²) in [4.78, 5) is 26.2. The number of carbonyl (C=O) groups excluding carboxylic acids is 2. The standard InChI is InChI=1S/C25H33N3O5S/c1-5-26-24(30)25(15-9-6-10-16-25)27-23(29)20-17-19(14-13-18(20)2)34(31,32)28(3)21-11-7-8-12-22(21)33-4/h7-8,11-14,17H,5-6,9-10,15-16H2,1-4H3,(H,26,30)(H,27,29). The Labute approximate surface area is 201 Å². The molecule has 0 atom stereocenters. The number of anilines is 1. The molecule has 0 bridgehead atoms. The van der Waals surface area contributed by atoms with Gasteiger partial charge in [-0.25, -0.2) is 8.42 Å². The molecule has 9 heteroatoms. The van der Waals surface area contributed by atoms with E-state index >= 15 is 0 Å². The molecular weight excluding hydrogens is 454 g/mol. The smallest absolute Gasteiger partial charge is 0.264 e. The summed E-state index contributed by atoms with van der Waals surface area (Å²) in [6, 6.07) is 11.3. The number of likely N-dealkylation sites (N-methyl/N-ethyl adjacent to an activating group) is 1. The minimum atomic E-state index is -3.98. The summed E-state index contributed by atoms with van der Waals surface area (Å²) in [5.41, 5.74) is 0.247. The van der Waals surface area contributed by atoms with E-state index in [1.165, 1.54) is 26.3 Å². The van der Waals surface area contributed by atoms with Crippen LogP contribution in [0.4, 0.5) is 5.69 Å². The number of aryl methyl sites for hydroxylation is 1. The van der Waals surface area contributed by atoms with Crippen molar-refractivity contribution >= 4 is 27.5 Å². The third-order valence-corrected chi connectivity index (χ3v) is 8.14. The van der Waals surface area contributed by atoms with E-state index in [9.17, 15) is 18.0 Å². The first-order valence-corrected chi connectivity index (χ1v) is 12.9. The van der Waals surface area contributed by atoms with Crippen LogP contribution in [0.15, 0.2) is 47.4 Å². The van der Waals surface area contributed by atoms with Gasteiger partial charge in [0.05, 0.1) is 17.7 Å². The molecule has 2 aromatic rings. The summed E-state index contributed by atoms with van der Waals surface area (Å²) in [5, 5.41) is 5.79. The molecule has 0 radical (unpaired) electrons. The number of hydrogen-bond acceptors (Lipinski definition) is 5. The largest absolute Gasteiger partial charge is 0.495 e. The number of hydrogen-bond donors (Lipinski definition) is 2. The number of nitrogens with one attached hydrogen (secondary N) is 2. The van der Waals surface area contributed by atoms with Crippen LogP contribution in [0.1, 0.15) is 54.9 Å². The monoisotopic (exact) mass is 487 g/mol. The fraction of sp³-hybridized carbons (Fsp3) is 0.440. The van der Waals surface area contributed by atoms with Gasteiger partial charge >= 0.3 is 0 Å². The summed E-state index contributed by atoms with van der Waals surface area (Å²) in [7, 11) is -1.06. The van der Waals surface area contributed by atoms with Crippen molar-refractivity contribution in [2.45, 2.75) is 56.4 Å². The van der Waals surface area contributed by atoms with Gasteiger partial charge in [0, 0.05) is 19.2 Å². The number of para-hydroxylation sites is 2. The lowest BCUT2D eigenvalue weighted by Gasteiger charge is -2.36. The molecule has 0 aromatic heterocycles. The zero-order valence-electron chi connectivity index (χ0n) is 20.2. The number of rotatable bonds is 8. The third-order valence-electron chi connectivity index (χ3n) is 6.37. The van der Waals surface area contributed by atoms with Gasteiger partial charge in [0.1, 0.15) is 11.3 Å². The average molecular weight is 488 g/mol. The van der Waals surface area contributed by atoms with E-state index < -0.39 is 21.5 Å². The van der Waals surface area contributed by atoms with Crippen LogP contribution in [-0.4, -0.2) is 46.5 Å². The maximum Gasteiger partial charge on any atom is 0.264 e. The number of ether oxygens (including phenoxy) is 1. The fourth-order valence-corrected chi connectivity index (χ4v) is 5.60. The van der Waals surface area contributed by atoms with Crippen LogP contribution in [0.25, 0.3) is 0 Å². The molecule has 1 fully saturated rings. The highest BCUT2D eigenvalue weighted by Crippen LogP contribution is 2.32. The molecule has 1 saturated carbocycles. The normalized spacial score (nSPS) is 15.3. The molecule has 0 spiro atoms. The second-order valence-electron chi connectivity index (χ2n) is 8.58. The molecule has 3 rings (SSSR count). The van der Waals surface area contributed by atoms with Crippen LogP contribution in [0.2, 0.25) is 0 Å². The Balaban J connectivity index is 1.95. The molecule has 8 nitrogen and oxygen atoms in total. The van der Waals surface area contributed by atoms with Crippen molar-refractivity contribution in [3.05, 3.63) is 53.6 Å². The van der Waals surface area contributed by atoms with Crippen LogP contribution in [0.5, 0.6) is 5.75 Å². The first-order chi connectivity index (χ1) is 16.2. The van der Waals surface area contributed by atoms with Crippen molar-refractivity contribution < 1.29 is 22.7 Å². The summed E-state index contributed by atoms with van der Waals surface area (Å²) in [6.45, 7) is 4.06. The lowest BCUT2D eigenvalue weighted by Crippen LogP contribution is -2.59. The van der Waals surface area contributed by atoms with Crippen LogP contribution in [0, 0.1) is 6.92 Å². The SMILES string of the molecule is CCNC(=O)C1(NC(=O)c2cc(S(=O)(=O)N(C)c3ccccc3OC)ccc2C)CCCCC1. The van der Waals surface area contributed by atoms with Gasteiger partial charge in [0.15, 0.2) is 0 Å². The number of amides is 2. The van der Waals surface area contributed by atoms with E-state index in [0.717, 1.165) is 23.6 Å². The van der Waals surface area contributed by atoms with Gasteiger partial charge in [-0.05, 0) is 56.5 Å². The van der Waals surface area contributed by atoms with E-state index in [1.807, 2.05) is 6.92 Å². The van der Waals surface area contributed by atoms with Gasteiger partial charge in [-0.15, -0.1) is 0 Å². The topological polar surface area (TPSA) is 105 Å². The Morgan fingerprint density at radius 1 is 1.09 bits per heavy atom. The van der Waals surface area contributed by atoms with Gasteiger partial charge in [-0.2, -0.15) is 0 Å². The van der Waals surface area contributed by atoms with Crippen molar-refractivity contribution in [1.82, 2.24) is 10.6 Å². The van der Waals surface area contributed by atoms with E-state index in [2.05, 4.69) is 10.6 Å². The van der Waals surface area contributed by atoms with Crippen molar-refractivity contribution in [2.75, 3.05) is 25.0 Å². The fourth-order valence-electron chi connectivity index (χ4n) is 4.36. The second-order valence-corrected chi connectivity index (χ2v) is 10.5. The minimum Gasteiger partial charge on any atom is -0.495 e. The number of benzene rings is 2.